The fourth-order valence-electron chi connectivity index (χ4n) is 1.71. The average Bonchev–Trinajstić information content (AvgIpc) is 2.87. The predicted octanol–water partition coefficient (Wildman–Crippen LogP) is 1.52. The number of hydrogen-bond acceptors (Lipinski definition) is 5. The molecular weight excluding hydrogens is 192 g/mol. The summed E-state index contributed by atoms with van der Waals surface area (Å²) in [5.74, 6) is 1.35. The lowest BCUT2D eigenvalue weighted by Crippen LogP contribution is -2.18. The van der Waals surface area contributed by atoms with Crippen LogP contribution in [0, 0.1) is 11.3 Å². The van der Waals surface area contributed by atoms with E-state index in [1.807, 2.05) is 0 Å². The quantitative estimate of drug-likeness (QED) is 0.699. The molecule has 1 aliphatic rings. The number of anilines is 1. The van der Waals surface area contributed by atoms with Crippen molar-refractivity contribution in [3.63, 3.8) is 0 Å². The van der Waals surface area contributed by atoms with Gasteiger partial charge in [-0.3, -0.25) is 0 Å². The molecule has 0 radical (unpaired) electrons. The molecule has 2 rings (SSSR count). The minimum atomic E-state index is 0.543. The summed E-state index contributed by atoms with van der Waals surface area (Å²) in [4.78, 5) is 6.44. The zero-order valence-corrected chi connectivity index (χ0v) is 8.65. The number of nitrogens with zero attached hydrogens (tertiary/aromatic N) is 4. The molecule has 5 heteroatoms. The van der Waals surface area contributed by atoms with Gasteiger partial charge in [-0.25, -0.2) is 0 Å². The summed E-state index contributed by atoms with van der Waals surface area (Å²) in [6.07, 6.45) is 4.45. The van der Waals surface area contributed by atoms with Crippen LogP contribution >= 0.6 is 0 Å². The van der Waals surface area contributed by atoms with Gasteiger partial charge in [-0.05, 0) is 24.4 Å². The van der Waals surface area contributed by atoms with Crippen molar-refractivity contribution in [1.29, 1.82) is 5.26 Å². The summed E-state index contributed by atoms with van der Waals surface area (Å²) in [5, 5.41) is 12.3. The van der Waals surface area contributed by atoms with Crippen molar-refractivity contribution in [2.24, 2.45) is 0 Å². The van der Waals surface area contributed by atoms with Crippen molar-refractivity contribution < 1.29 is 4.52 Å². The Balaban J connectivity index is 1.89. The van der Waals surface area contributed by atoms with Crippen LogP contribution in [0.25, 0.3) is 0 Å². The Labute approximate surface area is 88.7 Å². The zero-order chi connectivity index (χ0) is 10.5. The first-order valence-corrected chi connectivity index (χ1v) is 5.34. The minimum absolute atomic E-state index is 0.543. The fraction of sp³-hybridized carbons (Fsp3) is 0.700. The Kier molecular flexibility index (Phi) is 3.18. The van der Waals surface area contributed by atoms with Crippen molar-refractivity contribution in [2.45, 2.75) is 32.1 Å². The lowest BCUT2D eigenvalue weighted by atomic mass is 10.2. The SMILES string of the molecule is N#CCCCc1nc(N2CCCC2)no1. The number of aryl methyl sites for hydroxylation is 1. The van der Waals surface area contributed by atoms with E-state index in [2.05, 4.69) is 21.1 Å². The second kappa shape index (κ2) is 4.78. The van der Waals surface area contributed by atoms with Crippen LogP contribution < -0.4 is 4.90 Å². The monoisotopic (exact) mass is 206 g/mol. The van der Waals surface area contributed by atoms with E-state index in [0.29, 0.717) is 24.7 Å². The second-order valence-electron chi connectivity index (χ2n) is 3.69. The summed E-state index contributed by atoms with van der Waals surface area (Å²) in [7, 11) is 0. The summed E-state index contributed by atoms with van der Waals surface area (Å²) >= 11 is 0. The van der Waals surface area contributed by atoms with Gasteiger partial charge in [0.2, 0.25) is 5.89 Å². The van der Waals surface area contributed by atoms with E-state index in [0.717, 1.165) is 19.5 Å². The van der Waals surface area contributed by atoms with Gasteiger partial charge in [0.05, 0.1) is 6.07 Å². The lowest BCUT2D eigenvalue weighted by molar-refractivity contribution is 0.375. The molecule has 1 saturated heterocycles. The molecule has 0 spiro atoms. The maximum Gasteiger partial charge on any atom is 0.266 e. The van der Waals surface area contributed by atoms with Crippen molar-refractivity contribution in [3.8, 4) is 6.07 Å². The van der Waals surface area contributed by atoms with Crippen LogP contribution in [0.4, 0.5) is 5.95 Å². The van der Waals surface area contributed by atoms with E-state index < -0.39 is 0 Å². The van der Waals surface area contributed by atoms with E-state index >= 15 is 0 Å². The van der Waals surface area contributed by atoms with E-state index in [4.69, 9.17) is 9.78 Å². The van der Waals surface area contributed by atoms with Crippen molar-refractivity contribution in [2.75, 3.05) is 18.0 Å². The molecule has 0 aromatic carbocycles. The number of nitriles is 1. The van der Waals surface area contributed by atoms with Crippen molar-refractivity contribution in [1.82, 2.24) is 10.1 Å². The van der Waals surface area contributed by atoms with Crippen LogP contribution in [0.15, 0.2) is 4.52 Å². The number of unbranched alkanes of at least 4 members (excludes halogenated alkanes) is 1. The molecule has 1 aliphatic heterocycles. The zero-order valence-electron chi connectivity index (χ0n) is 8.65. The van der Waals surface area contributed by atoms with Crippen LogP contribution in [0.5, 0.6) is 0 Å². The average molecular weight is 206 g/mol. The maximum absolute atomic E-state index is 8.40. The molecule has 80 valence electrons. The molecule has 0 aliphatic carbocycles. The molecule has 0 saturated carbocycles. The van der Waals surface area contributed by atoms with Gasteiger partial charge in [0.1, 0.15) is 0 Å². The molecular formula is C10H14N4O. The Hall–Kier alpha value is -1.57. The molecule has 5 nitrogen and oxygen atoms in total. The molecule has 1 fully saturated rings. The highest BCUT2D eigenvalue weighted by molar-refractivity contribution is 5.28. The third-order valence-corrected chi connectivity index (χ3v) is 2.53. The predicted molar refractivity (Wildman–Crippen MR) is 54.3 cm³/mol. The fourth-order valence-corrected chi connectivity index (χ4v) is 1.71. The van der Waals surface area contributed by atoms with E-state index in [1.54, 1.807) is 0 Å². The Morgan fingerprint density at radius 1 is 1.40 bits per heavy atom. The van der Waals surface area contributed by atoms with Crippen LogP contribution in [0.3, 0.4) is 0 Å². The molecule has 0 bridgehead atoms. The van der Waals surface area contributed by atoms with Gasteiger partial charge in [-0.15, -0.1) is 0 Å². The maximum atomic E-state index is 8.40. The highest BCUT2D eigenvalue weighted by atomic mass is 16.5. The summed E-state index contributed by atoms with van der Waals surface area (Å²) in [5.41, 5.74) is 0. The number of hydrogen-bond donors (Lipinski definition) is 0. The van der Waals surface area contributed by atoms with Crippen molar-refractivity contribution >= 4 is 5.95 Å². The van der Waals surface area contributed by atoms with Gasteiger partial charge in [0.25, 0.3) is 5.95 Å². The second-order valence-corrected chi connectivity index (χ2v) is 3.69. The summed E-state index contributed by atoms with van der Waals surface area (Å²) < 4.78 is 5.11. The number of aromatic nitrogens is 2. The van der Waals surface area contributed by atoms with Gasteiger partial charge in [0.15, 0.2) is 0 Å². The van der Waals surface area contributed by atoms with E-state index in [-0.39, 0.29) is 0 Å². The first kappa shape index (κ1) is 9.97. The summed E-state index contributed by atoms with van der Waals surface area (Å²) in [6, 6.07) is 2.10. The highest BCUT2D eigenvalue weighted by Gasteiger charge is 2.17. The van der Waals surface area contributed by atoms with E-state index in [1.165, 1.54) is 12.8 Å². The van der Waals surface area contributed by atoms with Gasteiger partial charge >= 0.3 is 0 Å². The molecule has 0 N–H and O–H groups in total. The standard InChI is InChI=1S/C10H14N4O/c11-6-2-1-5-9-12-10(13-15-9)14-7-3-4-8-14/h1-5,7-8H2. The minimum Gasteiger partial charge on any atom is -0.338 e. The smallest absolute Gasteiger partial charge is 0.266 e. The van der Waals surface area contributed by atoms with Gasteiger partial charge < -0.3 is 9.42 Å². The lowest BCUT2D eigenvalue weighted by Gasteiger charge is -2.09. The van der Waals surface area contributed by atoms with Gasteiger partial charge in [-0.2, -0.15) is 10.2 Å². The first-order valence-electron chi connectivity index (χ1n) is 5.34. The molecule has 15 heavy (non-hydrogen) atoms. The Bertz CT molecular complexity index is 349. The third kappa shape index (κ3) is 2.46. The third-order valence-electron chi connectivity index (χ3n) is 2.53. The Morgan fingerprint density at radius 3 is 2.93 bits per heavy atom. The molecule has 0 amide bonds. The highest BCUT2D eigenvalue weighted by Crippen LogP contribution is 2.16. The normalized spacial score (nSPS) is 15.5. The Morgan fingerprint density at radius 2 is 2.20 bits per heavy atom. The molecule has 0 atom stereocenters. The van der Waals surface area contributed by atoms with Crippen molar-refractivity contribution in [3.05, 3.63) is 5.89 Å². The molecule has 1 aromatic heterocycles. The first-order chi connectivity index (χ1) is 7.40. The summed E-state index contributed by atoms with van der Waals surface area (Å²) in [6.45, 7) is 2.05. The van der Waals surface area contributed by atoms with Crippen LogP contribution in [-0.2, 0) is 6.42 Å². The van der Waals surface area contributed by atoms with Crippen LogP contribution in [0.2, 0.25) is 0 Å². The molecule has 2 heterocycles. The van der Waals surface area contributed by atoms with E-state index in [9.17, 15) is 0 Å². The van der Waals surface area contributed by atoms with Crippen LogP contribution in [-0.4, -0.2) is 23.2 Å². The van der Waals surface area contributed by atoms with Gasteiger partial charge in [-0.1, -0.05) is 0 Å². The largest absolute Gasteiger partial charge is 0.338 e. The topological polar surface area (TPSA) is 66.0 Å². The molecule has 0 unspecified atom stereocenters. The molecule has 1 aromatic rings. The number of rotatable bonds is 4. The van der Waals surface area contributed by atoms with Crippen LogP contribution in [0.1, 0.15) is 31.6 Å². The van der Waals surface area contributed by atoms with Gasteiger partial charge in [0, 0.05) is 25.9 Å².